The molecular formula is C20H21N3O5S2. The zero-order chi connectivity index (χ0) is 21.1. The maximum absolute atomic E-state index is 12.8. The Bertz CT molecular complexity index is 1150. The number of fused-ring (bicyclic) bond motifs is 1. The molecule has 1 saturated heterocycles. The van der Waals surface area contributed by atoms with Crippen LogP contribution in [0.3, 0.4) is 0 Å². The Labute approximate surface area is 178 Å². The minimum absolute atomic E-state index is 0.194. The van der Waals surface area contributed by atoms with Crippen LogP contribution in [0.25, 0.3) is 10.2 Å². The number of amides is 1. The summed E-state index contributed by atoms with van der Waals surface area (Å²) in [6, 6.07) is 12.1. The molecule has 0 atom stereocenters. The summed E-state index contributed by atoms with van der Waals surface area (Å²) in [5.74, 6) is 0.536. The second kappa shape index (κ2) is 8.68. The molecular weight excluding hydrogens is 426 g/mol. The number of carbonyl (C=O) groups is 1. The number of morpholine rings is 1. The van der Waals surface area contributed by atoms with Crippen LogP contribution in [0.4, 0.5) is 5.13 Å². The van der Waals surface area contributed by atoms with Crippen LogP contribution in [0.15, 0.2) is 47.4 Å². The van der Waals surface area contributed by atoms with Gasteiger partial charge in [0.2, 0.25) is 15.9 Å². The van der Waals surface area contributed by atoms with Crippen molar-refractivity contribution in [3.8, 4) is 5.75 Å². The minimum Gasteiger partial charge on any atom is -0.497 e. The molecule has 0 bridgehead atoms. The molecule has 3 aromatic rings. The molecule has 10 heteroatoms. The third-order valence-electron chi connectivity index (χ3n) is 4.74. The molecule has 8 nitrogen and oxygen atoms in total. The van der Waals surface area contributed by atoms with Crippen molar-refractivity contribution in [2.75, 3.05) is 38.7 Å². The summed E-state index contributed by atoms with van der Waals surface area (Å²) in [5, 5.41) is 3.23. The molecule has 0 saturated carbocycles. The third kappa shape index (κ3) is 4.46. The van der Waals surface area contributed by atoms with Crippen molar-refractivity contribution < 1.29 is 22.7 Å². The molecule has 4 rings (SSSR count). The summed E-state index contributed by atoms with van der Waals surface area (Å²) in [4.78, 5) is 17.0. The lowest BCUT2D eigenvalue weighted by Gasteiger charge is -2.25. The fourth-order valence-electron chi connectivity index (χ4n) is 3.15. The first-order valence-electron chi connectivity index (χ1n) is 9.37. The SMILES string of the molecule is COc1ccc(CC(=O)Nc2nc3ccc(S(=O)(=O)N4CCOCC4)cc3s2)cc1. The first-order valence-corrected chi connectivity index (χ1v) is 11.6. The molecule has 2 heterocycles. The number of hydrogen-bond donors (Lipinski definition) is 1. The van der Waals surface area contributed by atoms with Gasteiger partial charge in [-0.1, -0.05) is 23.5 Å². The molecule has 1 fully saturated rings. The lowest BCUT2D eigenvalue weighted by Crippen LogP contribution is -2.40. The summed E-state index contributed by atoms with van der Waals surface area (Å²) in [6.45, 7) is 1.48. The van der Waals surface area contributed by atoms with Crippen molar-refractivity contribution in [3.63, 3.8) is 0 Å². The normalized spacial score (nSPS) is 15.2. The smallest absolute Gasteiger partial charge is 0.243 e. The van der Waals surface area contributed by atoms with Crippen molar-refractivity contribution in [3.05, 3.63) is 48.0 Å². The lowest BCUT2D eigenvalue weighted by atomic mass is 10.1. The number of methoxy groups -OCH3 is 1. The summed E-state index contributed by atoms with van der Waals surface area (Å²) in [6.07, 6.45) is 0.205. The van der Waals surface area contributed by atoms with E-state index in [4.69, 9.17) is 9.47 Å². The Hall–Kier alpha value is -2.53. The van der Waals surface area contributed by atoms with Crippen LogP contribution in [-0.2, 0) is 26.0 Å². The van der Waals surface area contributed by atoms with Gasteiger partial charge in [-0.2, -0.15) is 4.31 Å². The van der Waals surface area contributed by atoms with E-state index in [1.54, 1.807) is 37.4 Å². The first-order chi connectivity index (χ1) is 14.5. The predicted octanol–water partition coefficient (Wildman–Crippen LogP) is 2.51. The maximum Gasteiger partial charge on any atom is 0.243 e. The van der Waals surface area contributed by atoms with Crippen molar-refractivity contribution >= 4 is 42.6 Å². The standard InChI is InChI=1S/C20H21N3O5S2/c1-27-15-4-2-14(3-5-15)12-19(24)22-20-21-17-7-6-16(13-18(17)29-20)30(25,26)23-8-10-28-11-9-23/h2-7,13H,8-12H2,1H3,(H,21,22,24). The first kappa shape index (κ1) is 20.7. The molecule has 1 aromatic heterocycles. The fraction of sp³-hybridized carbons (Fsp3) is 0.300. The highest BCUT2D eigenvalue weighted by Gasteiger charge is 2.26. The van der Waals surface area contributed by atoms with E-state index in [2.05, 4.69) is 10.3 Å². The third-order valence-corrected chi connectivity index (χ3v) is 7.57. The van der Waals surface area contributed by atoms with E-state index in [-0.39, 0.29) is 17.2 Å². The van der Waals surface area contributed by atoms with Crippen LogP contribution in [0, 0.1) is 0 Å². The fourth-order valence-corrected chi connectivity index (χ4v) is 5.58. The molecule has 0 unspecified atom stereocenters. The van der Waals surface area contributed by atoms with Gasteiger partial charge in [0.15, 0.2) is 5.13 Å². The number of thiazole rings is 1. The van der Waals surface area contributed by atoms with E-state index in [0.29, 0.717) is 41.7 Å². The molecule has 1 aliphatic heterocycles. The Morgan fingerprint density at radius 2 is 1.93 bits per heavy atom. The van der Waals surface area contributed by atoms with E-state index in [0.717, 1.165) is 11.3 Å². The molecule has 1 aliphatic rings. The highest BCUT2D eigenvalue weighted by Crippen LogP contribution is 2.29. The number of nitrogens with one attached hydrogen (secondary N) is 1. The van der Waals surface area contributed by atoms with Crippen molar-refractivity contribution in [2.45, 2.75) is 11.3 Å². The van der Waals surface area contributed by atoms with Crippen LogP contribution >= 0.6 is 11.3 Å². The number of ether oxygens (including phenoxy) is 2. The number of carbonyl (C=O) groups excluding carboxylic acids is 1. The number of nitrogens with zero attached hydrogens (tertiary/aromatic N) is 2. The van der Waals surface area contributed by atoms with E-state index in [1.165, 1.54) is 15.6 Å². The van der Waals surface area contributed by atoms with E-state index in [9.17, 15) is 13.2 Å². The Morgan fingerprint density at radius 1 is 1.20 bits per heavy atom. The highest BCUT2D eigenvalue weighted by atomic mass is 32.2. The van der Waals surface area contributed by atoms with E-state index >= 15 is 0 Å². The molecule has 2 aromatic carbocycles. The molecule has 158 valence electrons. The zero-order valence-corrected chi connectivity index (χ0v) is 18.0. The average Bonchev–Trinajstić information content (AvgIpc) is 3.16. The highest BCUT2D eigenvalue weighted by molar-refractivity contribution is 7.89. The molecule has 0 aliphatic carbocycles. The lowest BCUT2D eigenvalue weighted by molar-refractivity contribution is -0.115. The number of aromatic nitrogens is 1. The van der Waals surface area contributed by atoms with Crippen LogP contribution in [0.2, 0.25) is 0 Å². The van der Waals surface area contributed by atoms with Crippen LogP contribution in [0.1, 0.15) is 5.56 Å². The molecule has 1 N–H and O–H groups in total. The topological polar surface area (TPSA) is 97.8 Å². The van der Waals surface area contributed by atoms with Crippen molar-refractivity contribution in [1.29, 1.82) is 0 Å². The summed E-state index contributed by atoms with van der Waals surface area (Å²) < 4.78 is 38.2. The summed E-state index contributed by atoms with van der Waals surface area (Å²) in [7, 11) is -1.99. The quantitative estimate of drug-likeness (QED) is 0.624. The maximum atomic E-state index is 12.8. The zero-order valence-electron chi connectivity index (χ0n) is 16.3. The number of hydrogen-bond acceptors (Lipinski definition) is 7. The summed E-state index contributed by atoms with van der Waals surface area (Å²) >= 11 is 1.25. The second-order valence-corrected chi connectivity index (χ2v) is 9.71. The van der Waals surface area contributed by atoms with Gasteiger partial charge in [0.1, 0.15) is 5.75 Å². The second-order valence-electron chi connectivity index (χ2n) is 6.74. The van der Waals surface area contributed by atoms with Gasteiger partial charge in [0.25, 0.3) is 0 Å². The predicted molar refractivity (Wildman–Crippen MR) is 115 cm³/mol. The van der Waals surface area contributed by atoms with Crippen molar-refractivity contribution in [2.24, 2.45) is 0 Å². The van der Waals surface area contributed by atoms with Gasteiger partial charge < -0.3 is 14.8 Å². The molecule has 1 amide bonds. The Balaban J connectivity index is 1.48. The van der Waals surface area contributed by atoms with Gasteiger partial charge in [0.05, 0.1) is 41.9 Å². The van der Waals surface area contributed by atoms with E-state index in [1.807, 2.05) is 12.1 Å². The van der Waals surface area contributed by atoms with Gasteiger partial charge in [0, 0.05) is 13.1 Å². The van der Waals surface area contributed by atoms with Crippen LogP contribution in [-0.4, -0.2) is 57.0 Å². The number of rotatable bonds is 6. The van der Waals surface area contributed by atoms with Crippen molar-refractivity contribution in [1.82, 2.24) is 9.29 Å². The van der Waals surface area contributed by atoms with Crippen LogP contribution in [0.5, 0.6) is 5.75 Å². The Kier molecular flexibility index (Phi) is 6.00. The number of benzene rings is 2. The van der Waals surface area contributed by atoms with Gasteiger partial charge >= 0.3 is 0 Å². The average molecular weight is 448 g/mol. The van der Waals surface area contributed by atoms with E-state index < -0.39 is 10.0 Å². The molecule has 30 heavy (non-hydrogen) atoms. The van der Waals surface area contributed by atoms with Gasteiger partial charge in [-0.15, -0.1) is 0 Å². The van der Waals surface area contributed by atoms with Crippen LogP contribution < -0.4 is 10.1 Å². The Morgan fingerprint density at radius 3 is 2.63 bits per heavy atom. The molecule has 0 spiro atoms. The largest absolute Gasteiger partial charge is 0.497 e. The van der Waals surface area contributed by atoms with Gasteiger partial charge in [-0.3, -0.25) is 4.79 Å². The monoisotopic (exact) mass is 447 g/mol. The van der Waals surface area contributed by atoms with Gasteiger partial charge in [-0.05, 0) is 35.9 Å². The summed E-state index contributed by atoms with van der Waals surface area (Å²) in [5.41, 5.74) is 1.49. The minimum atomic E-state index is -3.58. The number of sulfonamides is 1. The molecule has 0 radical (unpaired) electrons. The van der Waals surface area contributed by atoms with Gasteiger partial charge in [-0.25, -0.2) is 13.4 Å². The number of anilines is 1.